The van der Waals surface area contributed by atoms with Gasteiger partial charge in [0.05, 0.1) is 5.71 Å². The molecule has 0 spiro atoms. The third-order valence-electron chi connectivity index (χ3n) is 2.70. The summed E-state index contributed by atoms with van der Waals surface area (Å²) in [5.74, 6) is 0.661. The van der Waals surface area contributed by atoms with E-state index in [1.54, 1.807) is 0 Å². The van der Waals surface area contributed by atoms with E-state index in [-0.39, 0.29) is 0 Å². The van der Waals surface area contributed by atoms with Gasteiger partial charge < -0.3 is 5.21 Å². The summed E-state index contributed by atoms with van der Waals surface area (Å²) in [5, 5.41) is 11.9. The Balaban J connectivity index is 2.58. The van der Waals surface area contributed by atoms with Crippen LogP contribution >= 0.6 is 0 Å². The van der Waals surface area contributed by atoms with E-state index >= 15 is 0 Å². The van der Waals surface area contributed by atoms with Gasteiger partial charge in [-0.05, 0) is 30.6 Å². The molecule has 1 saturated carbocycles. The second kappa shape index (κ2) is 3.46. The van der Waals surface area contributed by atoms with Crippen molar-refractivity contribution < 1.29 is 5.21 Å². The molecule has 1 radical (unpaired) electrons. The van der Waals surface area contributed by atoms with Crippen molar-refractivity contribution in [3.63, 3.8) is 0 Å². The normalized spacial score (nSPS) is 29.2. The van der Waals surface area contributed by atoms with E-state index < -0.39 is 0 Å². The highest BCUT2D eigenvalue weighted by atomic mass is 16.4. The summed E-state index contributed by atoms with van der Waals surface area (Å²) in [6.07, 6.45) is 5.24. The van der Waals surface area contributed by atoms with Crippen molar-refractivity contribution in [1.82, 2.24) is 0 Å². The maximum Gasteiger partial charge on any atom is 0.0611 e. The van der Waals surface area contributed by atoms with Crippen LogP contribution in [0.3, 0.4) is 0 Å². The lowest BCUT2D eigenvalue weighted by molar-refractivity contribution is 0.222. The quantitative estimate of drug-likeness (QED) is 0.438. The molecule has 0 amide bonds. The summed E-state index contributed by atoms with van der Waals surface area (Å²) < 4.78 is 0. The molecule has 0 aliphatic heterocycles. The van der Waals surface area contributed by atoms with Gasteiger partial charge in [0, 0.05) is 6.42 Å². The lowest BCUT2D eigenvalue weighted by atomic mass is 9.72. The van der Waals surface area contributed by atoms with Crippen molar-refractivity contribution in [2.75, 3.05) is 0 Å². The summed E-state index contributed by atoms with van der Waals surface area (Å²) in [6, 6.07) is 0. The standard InChI is InChI=1S/C10H18NO/c1-10(2,3)8-5-4-6-9(7-8)11-12/h6,8,12H,4-5,7H2,1-3H3/b11-9+. The smallest absolute Gasteiger partial charge is 0.0611 e. The van der Waals surface area contributed by atoms with Crippen LogP contribution in [0.2, 0.25) is 0 Å². The fourth-order valence-corrected chi connectivity index (χ4v) is 1.71. The predicted octanol–water partition coefficient (Wildman–Crippen LogP) is 2.87. The topological polar surface area (TPSA) is 32.6 Å². The Hall–Kier alpha value is -0.530. The maximum atomic E-state index is 8.63. The minimum Gasteiger partial charge on any atom is -0.411 e. The number of rotatable bonds is 0. The molecule has 1 N–H and O–H groups in total. The van der Waals surface area contributed by atoms with E-state index in [1.165, 1.54) is 6.42 Å². The van der Waals surface area contributed by atoms with Crippen molar-refractivity contribution in [1.29, 1.82) is 0 Å². The Kier molecular flexibility index (Phi) is 2.76. The first-order valence-corrected chi connectivity index (χ1v) is 4.58. The highest BCUT2D eigenvalue weighted by Crippen LogP contribution is 2.36. The molecule has 2 nitrogen and oxygen atoms in total. The van der Waals surface area contributed by atoms with Gasteiger partial charge in [0.2, 0.25) is 0 Å². The molecule has 0 aromatic heterocycles. The summed E-state index contributed by atoms with van der Waals surface area (Å²) in [6.45, 7) is 6.74. The van der Waals surface area contributed by atoms with Crippen molar-refractivity contribution in [2.45, 2.75) is 40.0 Å². The molecule has 1 rings (SSSR count). The van der Waals surface area contributed by atoms with Crippen LogP contribution in [-0.4, -0.2) is 10.9 Å². The first-order valence-electron chi connectivity index (χ1n) is 4.58. The number of hydrogen-bond donors (Lipinski definition) is 1. The summed E-state index contributed by atoms with van der Waals surface area (Å²) in [7, 11) is 0. The van der Waals surface area contributed by atoms with Gasteiger partial charge in [-0.15, -0.1) is 0 Å². The van der Waals surface area contributed by atoms with Crippen LogP contribution in [-0.2, 0) is 0 Å². The highest BCUT2D eigenvalue weighted by Gasteiger charge is 2.28. The Morgan fingerprint density at radius 3 is 2.67 bits per heavy atom. The fraction of sp³-hybridized carbons (Fsp3) is 0.800. The van der Waals surface area contributed by atoms with Crippen molar-refractivity contribution in [3.05, 3.63) is 6.42 Å². The third kappa shape index (κ3) is 2.23. The minimum absolute atomic E-state index is 0.338. The first-order chi connectivity index (χ1) is 5.54. The molecule has 0 heterocycles. The van der Waals surface area contributed by atoms with Crippen LogP contribution in [0.5, 0.6) is 0 Å². The molecule has 12 heavy (non-hydrogen) atoms. The van der Waals surface area contributed by atoms with Gasteiger partial charge in [0.25, 0.3) is 0 Å². The fourth-order valence-electron chi connectivity index (χ4n) is 1.71. The van der Waals surface area contributed by atoms with Gasteiger partial charge >= 0.3 is 0 Å². The first kappa shape index (κ1) is 9.56. The molecule has 0 bridgehead atoms. The zero-order valence-electron chi connectivity index (χ0n) is 8.17. The molecule has 0 aromatic rings. The summed E-state index contributed by atoms with van der Waals surface area (Å²) in [5.41, 5.74) is 1.20. The van der Waals surface area contributed by atoms with Gasteiger partial charge in [-0.1, -0.05) is 25.9 Å². The van der Waals surface area contributed by atoms with Crippen LogP contribution < -0.4 is 0 Å². The molecule has 1 fully saturated rings. The van der Waals surface area contributed by atoms with E-state index in [0.29, 0.717) is 11.3 Å². The average molecular weight is 168 g/mol. The number of hydrogen-bond acceptors (Lipinski definition) is 2. The molecule has 2 heteroatoms. The van der Waals surface area contributed by atoms with Crippen LogP contribution in [0.25, 0.3) is 0 Å². The monoisotopic (exact) mass is 168 g/mol. The Morgan fingerprint density at radius 2 is 2.17 bits per heavy atom. The largest absolute Gasteiger partial charge is 0.411 e. The third-order valence-corrected chi connectivity index (χ3v) is 2.70. The Bertz CT molecular complexity index is 179. The number of nitrogens with zero attached hydrogens (tertiary/aromatic N) is 1. The highest BCUT2D eigenvalue weighted by molar-refractivity contribution is 5.92. The Morgan fingerprint density at radius 1 is 1.50 bits per heavy atom. The lowest BCUT2D eigenvalue weighted by Crippen LogP contribution is -2.27. The SMILES string of the molecule is CC(C)(C)C1CC[CH]/C(=N\O)C1. The molecule has 1 aliphatic rings. The van der Waals surface area contributed by atoms with E-state index in [0.717, 1.165) is 18.6 Å². The van der Waals surface area contributed by atoms with Gasteiger partial charge in [-0.2, -0.15) is 0 Å². The maximum absolute atomic E-state index is 8.63. The second-order valence-electron chi connectivity index (χ2n) is 4.64. The van der Waals surface area contributed by atoms with E-state index in [9.17, 15) is 0 Å². The van der Waals surface area contributed by atoms with Crippen LogP contribution in [0.4, 0.5) is 0 Å². The zero-order chi connectivity index (χ0) is 9.19. The molecular weight excluding hydrogens is 150 g/mol. The van der Waals surface area contributed by atoms with Gasteiger partial charge in [-0.3, -0.25) is 0 Å². The average Bonchev–Trinajstić information content (AvgIpc) is 2.03. The van der Waals surface area contributed by atoms with Crippen LogP contribution in [0.15, 0.2) is 5.16 Å². The molecule has 1 atom stereocenters. The summed E-state index contributed by atoms with van der Waals surface area (Å²) >= 11 is 0. The van der Waals surface area contributed by atoms with Crippen LogP contribution in [0, 0.1) is 17.8 Å². The number of oxime groups is 1. The van der Waals surface area contributed by atoms with Crippen molar-refractivity contribution in [3.8, 4) is 0 Å². The van der Waals surface area contributed by atoms with Crippen molar-refractivity contribution in [2.24, 2.45) is 16.5 Å². The van der Waals surface area contributed by atoms with Gasteiger partial charge in [0.1, 0.15) is 0 Å². The van der Waals surface area contributed by atoms with Gasteiger partial charge in [0.15, 0.2) is 0 Å². The minimum atomic E-state index is 0.338. The molecule has 69 valence electrons. The van der Waals surface area contributed by atoms with Crippen molar-refractivity contribution >= 4 is 5.71 Å². The molecule has 0 aromatic carbocycles. The molecule has 0 saturated heterocycles. The summed E-state index contributed by atoms with van der Waals surface area (Å²) in [4.78, 5) is 0. The van der Waals surface area contributed by atoms with Crippen LogP contribution in [0.1, 0.15) is 40.0 Å². The van der Waals surface area contributed by atoms with E-state index in [1.807, 2.05) is 6.42 Å². The zero-order valence-corrected chi connectivity index (χ0v) is 8.17. The van der Waals surface area contributed by atoms with Gasteiger partial charge in [-0.25, -0.2) is 0 Å². The van der Waals surface area contributed by atoms with E-state index in [4.69, 9.17) is 5.21 Å². The molecular formula is C10H18NO. The second-order valence-corrected chi connectivity index (χ2v) is 4.64. The van der Waals surface area contributed by atoms with E-state index in [2.05, 4.69) is 25.9 Å². The molecule has 1 unspecified atom stereocenters. The Labute approximate surface area is 74.7 Å². The predicted molar refractivity (Wildman–Crippen MR) is 50.3 cm³/mol. The lowest BCUT2D eigenvalue weighted by Gasteiger charge is -2.33. The molecule has 1 aliphatic carbocycles.